The number of carbonyl (C=O) groups is 1. The number of rotatable bonds is 8. The first kappa shape index (κ1) is 26.3. The number of nitrogens with zero attached hydrogens (tertiary/aromatic N) is 2. The zero-order valence-electron chi connectivity index (χ0n) is 22.9. The number of benzene rings is 2. The molecule has 0 spiro atoms. The summed E-state index contributed by atoms with van der Waals surface area (Å²) < 4.78 is 20.2. The minimum atomic E-state index is -0.594. The van der Waals surface area contributed by atoms with Gasteiger partial charge in [0.1, 0.15) is 6.61 Å². The number of carbonyl (C=O) groups excluding carboxylic acids is 1. The smallest absolute Gasteiger partial charge is 0.449 e. The van der Waals surface area contributed by atoms with E-state index in [2.05, 4.69) is 41.6 Å². The largest absolute Gasteiger partial charge is 0.492 e. The number of fused-ring (bicyclic) bond motifs is 3. The van der Waals surface area contributed by atoms with E-state index in [4.69, 9.17) is 14.0 Å². The molecule has 1 aliphatic carbocycles. The lowest BCUT2D eigenvalue weighted by atomic mass is 9.77. The maximum atomic E-state index is 12.9. The zero-order valence-corrected chi connectivity index (χ0v) is 22.9. The van der Waals surface area contributed by atoms with Crippen LogP contribution in [0, 0.1) is 0 Å². The molecule has 0 saturated carbocycles. The van der Waals surface area contributed by atoms with E-state index in [1.54, 1.807) is 0 Å². The molecule has 2 aliphatic rings. The molecule has 0 bridgehead atoms. The Morgan fingerprint density at radius 3 is 2.26 bits per heavy atom. The van der Waals surface area contributed by atoms with Gasteiger partial charge < -0.3 is 19.4 Å². The summed E-state index contributed by atoms with van der Waals surface area (Å²) in [6.45, 7) is 11.5. The van der Waals surface area contributed by atoms with Crippen molar-refractivity contribution in [3.63, 3.8) is 0 Å². The quantitative estimate of drug-likeness (QED) is 0.383. The first-order valence-corrected chi connectivity index (χ1v) is 13.4. The average Bonchev–Trinajstić information content (AvgIpc) is 3.52. The third-order valence-corrected chi connectivity index (χ3v) is 7.79. The number of ether oxygens (including phenoxy) is 1. The van der Waals surface area contributed by atoms with Crippen molar-refractivity contribution in [2.24, 2.45) is 0 Å². The minimum Gasteiger partial charge on any atom is -0.449 e. The molecule has 3 aromatic rings. The summed E-state index contributed by atoms with van der Waals surface area (Å²) in [5.41, 5.74) is 5.51. The molecule has 1 saturated heterocycles. The Bertz CT molecular complexity index is 1290. The SMILES string of the molecule is CCCn1cc(C=C(CNC(=O)OCC2c3ccccc3-c3ccccc32)B2OC(C)(C)C(C)(C)O2)cn1. The highest BCUT2D eigenvalue weighted by Crippen LogP contribution is 2.44. The van der Waals surface area contributed by atoms with Gasteiger partial charge in [0.2, 0.25) is 0 Å². The first-order chi connectivity index (χ1) is 18.2. The van der Waals surface area contributed by atoms with Gasteiger partial charge in [-0.25, -0.2) is 4.79 Å². The number of hydrogen-bond donors (Lipinski definition) is 1. The van der Waals surface area contributed by atoms with Crippen molar-refractivity contribution in [3.05, 3.63) is 83.1 Å². The molecular formula is C30H36BN3O4. The van der Waals surface area contributed by atoms with Crippen molar-refractivity contribution in [2.75, 3.05) is 13.2 Å². The van der Waals surface area contributed by atoms with Crippen LogP contribution in [-0.4, -0.2) is 47.3 Å². The maximum Gasteiger partial charge on any atom is 0.492 e. The first-order valence-electron chi connectivity index (χ1n) is 13.4. The van der Waals surface area contributed by atoms with E-state index in [-0.39, 0.29) is 19.1 Å². The van der Waals surface area contributed by atoms with Crippen LogP contribution < -0.4 is 5.32 Å². The van der Waals surface area contributed by atoms with Crippen LogP contribution in [0.15, 0.2) is 66.4 Å². The summed E-state index contributed by atoms with van der Waals surface area (Å²) in [6, 6.07) is 16.6. The Balaban J connectivity index is 1.28. The minimum absolute atomic E-state index is 0.00987. The summed E-state index contributed by atoms with van der Waals surface area (Å²) in [6.07, 6.45) is 6.30. The lowest BCUT2D eigenvalue weighted by molar-refractivity contribution is 0.00578. The molecule has 0 atom stereocenters. The number of amides is 1. The van der Waals surface area contributed by atoms with E-state index in [9.17, 15) is 4.79 Å². The zero-order chi connectivity index (χ0) is 26.9. The van der Waals surface area contributed by atoms with Crippen molar-refractivity contribution < 1.29 is 18.8 Å². The van der Waals surface area contributed by atoms with Gasteiger partial charge in [-0.15, -0.1) is 0 Å². The standard InChI is InChI=1S/C30H36BN3O4/c1-6-15-34-19-21(17-33-34)16-22(31-37-29(2,3)30(4,5)38-31)18-32-28(35)36-20-27-25-13-9-7-11-23(25)24-12-8-10-14-26(24)27/h7-14,16-17,19,27H,6,15,18,20H2,1-5H3,(H,32,35). The molecular weight excluding hydrogens is 477 g/mol. The second kappa shape index (κ2) is 10.4. The Hall–Kier alpha value is -3.36. The second-order valence-electron chi connectivity index (χ2n) is 11.0. The fourth-order valence-electron chi connectivity index (χ4n) is 5.04. The number of aromatic nitrogens is 2. The third kappa shape index (κ3) is 5.15. The van der Waals surface area contributed by atoms with Crippen molar-refractivity contribution >= 4 is 19.3 Å². The Kier molecular flexibility index (Phi) is 7.20. The molecule has 2 aromatic carbocycles. The van der Waals surface area contributed by atoms with Crippen molar-refractivity contribution in [3.8, 4) is 11.1 Å². The summed E-state index contributed by atoms with van der Waals surface area (Å²) >= 11 is 0. The summed E-state index contributed by atoms with van der Waals surface area (Å²) in [5, 5.41) is 7.35. The van der Waals surface area contributed by atoms with Gasteiger partial charge in [0.25, 0.3) is 0 Å². The predicted molar refractivity (Wildman–Crippen MR) is 150 cm³/mol. The van der Waals surface area contributed by atoms with E-state index < -0.39 is 24.4 Å². The molecule has 1 aromatic heterocycles. The second-order valence-corrected chi connectivity index (χ2v) is 11.0. The molecule has 0 radical (unpaired) electrons. The number of nitrogens with one attached hydrogen (secondary N) is 1. The summed E-state index contributed by atoms with van der Waals surface area (Å²) in [7, 11) is -0.594. The van der Waals surface area contributed by atoms with Crippen molar-refractivity contribution in [1.82, 2.24) is 15.1 Å². The fraction of sp³-hybridized carbons (Fsp3) is 0.400. The number of aryl methyl sites for hydroxylation is 1. The molecule has 8 heteroatoms. The van der Waals surface area contributed by atoms with Gasteiger partial charge >= 0.3 is 13.2 Å². The lowest BCUT2D eigenvalue weighted by Crippen LogP contribution is -2.41. The average molecular weight is 513 g/mol. The predicted octanol–water partition coefficient (Wildman–Crippen LogP) is 5.85. The Morgan fingerprint density at radius 2 is 1.66 bits per heavy atom. The maximum absolute atomic E-state index is 12.9. The van der Waals surface area contributed by atoms with Gasteiger partial charge in [0, 0.05) is 30.8 Å². The molecule has 1 amide bonds. The van der Waals surface area contributed by atoms with Crippen LogP contribution in [0.1, 0.15) is 63.6 Å². The van der Waals surface area contributed by atoms with Crippen molar-refractivity contribution in [1.29, 1.82) is 0 Å². The van der Waals surface area contributed by atoms with E-state index in [1.165, 1.54) is 22.3 Å². The highest BCUT2D eigenvalue weighted by molar-refractivity contribution is 6.56. The highest BCUT2D eigenvalue weighted by Gasteiger charge is 2.52. The monoisotopic (exact) mass is 513 g/mol. The summed E-state index contributed by atoms with van der Waals surface area (Å²) in [4.78, 5) is 12.9. The molecule has 2 heterocycles. The Morgan fingerprint density at radius 1 is 1.05 bits per heavy atom. The van der Waals surface area contributed by atoms with Crippen LogP contribution in [-0.2, 0) is 20.6 Å². The lowest BCUT2D eigenvalue weighted by Gasteiger charge is -2.32. The molecule has 1 fully saturated rings. The Labute approximate surface area is 225 Å². The number of hydrogen-bond acceptors (Lipinski definition) is 5. The molecule has 1 N–H and O–H groups in total. The van der Waals surface area contributed by atoms with Crippen LogP contribution >= 0.6 is 0 Å². The molecule has 198 valence electrons. The fourth-order valence-corrected chi connectivity index (χ4v) is 5.04. The van der Waals surface area contributed by atoms with Gasteiger partial charge in [-0.1, -0.05) is 61.5 Å². The third-order valence-electron chi connectivity index (χ3n) is 7.79. The van der Waals surface area contributed by atoms with Gasteiger partial charge in [-0.2, -0.15) is 5.10 Å². The van der Waals surface area contributed by atoms with Crippen LogP contribution in [0.3, 0.4) is 0 Å². The number of alkyl carbamates (subject to hydrolysis) is 1. The van der Waals surface area contributed by atoms with Gasteiger partial charge in [0.05, 0.1) is 17.4 Å². The van der Waals surface area contributed by atoms with E-state index >= 15 is 0 Å². The normalized spacial score (nSPS) is 17.8. The topological polar surface area (TPSA) is 74.6 Å². The highest BCUT2D eigenvalue weighted by atomic mass is 16.7. The molecule has 5 rings (SSSR count). The van der Waals surface area contributed by atoms with Gasteiger partial charge in [-0.3, -0.25) is 4.68 Å². The van der Waals surface area contributed by atoms with Crippen LogP contribution in [0.5, 0.6) is 0 Å². The van der Waals surface area contributed by atoms with Crippen molar-refractivity contribution in [2.45, 2.75) is 64.7 Å². The molecule has 1 aliphatic heterocycles. The van der Waals surface area contributed by atoms with E-state index in [0.717, 1.165) is 24.0 Å². The molecule has 7 nitrogen and oxygen atoms in total. The van der Waals surface area contributed by atoms with E-state index in [1.807, 2.05) is 75.1 Å². The van der Waals surface area contributed by atoms with Crippen LogP contribution in [0.4, 0.5) is 4.79 Å². The molecule has 0 unspecified atom stereocenters. The van der Waals surface area contributed by atoms with Crippen LogP contribution in [0.25, 0.3) is 17.2 Å². The molecule has 38 heavy (non-hydrogen) atoms. The van der Waals surface area contributed by atoms with Crippen LogP contribution in [0.2, 0.25) is 0 Å². The van der Waals surface area contributed by atoms with Gasteiger partial charge in [-0.05, 0) is 61.8 Å². The van der Waals surface area contributed by atoms with Gasteiger partial charge in [0.15, 0.2) is 0 Å². The summed E-state index contributed by atoms with van der Waals surface area (Å²) in [5.74, 6) is 0.00987. The van der Waals surface area contributed by atoms with E-state index in [0.29, 0.717) is 0 Å².